The highest BCUT2D eigenvalue weighted by atomic mass is 32.2. The molecule has 0 aromatic rings. The number of alkyl halides is 1. The summed E-state index contributed by atoms with van der Waals surface area (Å²) in [6.45, 7) is 0.205. The highest BCUT2D eigenvalue weighted by Gasteiger charge is 2.15. The minimum atomic E-state index is -2.02. The molecule has 5 heteroatoms. The normalized spacial score (nSPS) is 23.3. The van der Waals surface area contributed by atoms with Gasteiger partial charge in [0.2, 0.25) is 0 Å². The van der Waals surface area contributed by atoms with E-state index in [4.69, 9.17) is 4.55 Å². The standard InChI is InChI=1S/C9H18FNO2S/c10-8(7-14(12)13)6-11-9-4-2-1-3-5-9/h8-9,11H,1-7H2,(H,12,13)/t8-/m1/s1. The fraction of sp³-hybridized carbons (Fsp3) is 1.00. The van der Waals surface area contributed by atoms with E-state index in [2.05, 4.69) is 5.32 Å². The number of hydrogen-bond acceptors (Lipinski definition) is 2. The predicted molar refractivity (Wildman–Crippen MR) is 55.4 cm³/mol. The van der Waals surface area contributed by atoms with Crippen LogP contribution in [0.5, 0.6) is 0 Å². The molecule has 0 aliphatic heterocycles. The Labute approximate surface area is 86.7 Å². The fourth-order valence-electron chi connectivity index (χ4n) is 1.81. The molecule has 3 nitrogen and oxygen atoms in total. The molecule has 0 aromatic heterocycles. The van der Waals surface area contributed by atoms with Gasteiger partial charge in [0.05, 0.1) is 5.75 Å². The van der Waals surface area contributed by atoms with Crippen LogP contribution in [0.3, 0.4) is 0 Å². The second-order valence-electron chi connectivity index (χ2n) is 3.83. The van der Waals surface area contributed by atoms with Gasteiger partial charge in [-0.1, -0.05) is 19.3 Å². The monoisotopic (exact) mass is 223 g/mol. The van der Waals surface area contributed by atoms with Gasteiger partial charge >= 0.3 is 0 Å². The molecule has 0 radical (unpaired) electrons. The Kier molecular flexibility index (Phi) is 5.59. The molecule has 0 spiro atoms. The first-order chi connectivity index (χ1) is 6.68. The van der Waals surface area contributed by atoms with E-state index in [-0.39, 0.29) is 12.3 Å². The van der Waals surface area contributed by atoms with Gasteiger partial charge in [-0.05, 0) is 12.8 Å². The molecule has 0 amide bonds. The summed E-state index contributed by atoms with van der Waals surface area (Å²) in [5, 5.41) is 3.11. The molecule has 1 rings (SSSR count). The Bertz CT molecular complexity index is 186. The Morgan fingerprint density at radius 1 is 1.43 bits per heavy atom. The van der Waals surface area contributed by atoms with Crippen LogP contribution in [0.2, 0.25) is 0 Å². The van der Waals surface area contributed by atoms with Crippen LogP contribution in [0.4, 0.5) is 4.39 Å². The zero-order chi connectivity index (χ0) is 10.4. The maximum absolute atomic E-state index is 13.0. The van der Waals surface area contributed by atoms with Gasteiger partial charge in [-0.25, -0.2) is 8.60 Å². The van der Waals surface area contributed by atoms with Crippen LogP contribution in [0.1, 0.15) is 32.1 Å². The average Bonchev–Trinajstić information content (AvgIpc) is 2.15. The predicted octanol–water partition coefficient (Wildman–Crippen LogP) is 1.47. The molecule has 1 saturated carbocycles. The summed E-state index contributed by atoms with van der Waals surface area (Å²) in [5.74, 6) is -0.278. The molecule has 0 bridgehead atoms. The average molecular weight is 223 g/mol. The van der Waals surface area contributed by atoms with Crippen molar-refractivity contribution in [3.05, 3.63) is 0 Å². The molecular formula is C9H18FNO2S. The zero-order valence-electron chi connectivity index (χ0n) is 8.25. The van der Waals surface area contributed by atoms with Crippen molar-refractivity contribution in [1.82, 2.24) is 5.32 Å². The molecule has 84 valence electrons. The number of rotatable bonds is 5. The van der Waals surface area contributed by atoms with E-state index in [0.29, 0.717) is 6.04 Å². The summed E-state index contributed by atoms with van der Waals surface area (Å²) in [4.78, 5) is 0. The highest BCUT2D eigenvalue weighted by Crippen LogP contribution is 2.17. The molecule has 1 fully saturated rings. The molecule has 14 heavy (non-hydrogen) atoms. The van der Waals surface area contributed by atoms with E-state index >= 15 is 0 Å². The number of halogens is 1. The molecular weight excluding hydrogens is 205 g/mol. The maximum Gasteiger partial charge on any atom is 0.155 e. The lowest BCUT2D eigenvalue weighted by Gasteiger charge is -2.23. The second-order valence-corrected chi connectivity index (χ2v) is 4.80. The van der Waals surface area contributed by atoms with Crippen molar-refractivity contribution < 1.29 is 13.2 Å². The Balaban J connectivity index is 2.09. The van der Waals surface area contributed by atoms with E-state index < -0.39 is 17.3 Å². The van der Waals surface area contributed by atoms with Crippen molar-refractivity contribution >= 4 is 11.1 Å². The van der Waals surface area contributed by atoms with Gasteiger partial charge in [-0.15, -0.1) is 0 Å². The second kappa shape index (κ2) is 6.48. The van der Waals surface area contributed by atoms with E-state index in [9.17, 15) is 8.60 Å². The van der Waals surface area contributed by atoms with Crippen molar-refractivity contribution in [2.45, 2.75) is 44.3 Å². The largest absolute Gasteiger partial charge is 0.311 e. The maximum atomic E-state index is 13.0. The lowest BCUT2D eigenvalue weighted by atomic mass is 9.95. The first-order valence-corrected chi connectivity index (χ1v) is 6.41. The molecule has 2 N–H and O–H groups in total. The summed E-state index contributed by atoms with van der Waals surface area (Å²) in [5.41, 5.74) is 0. The molecule has 2 atom stereocenters. The van der Waals surface area contributed by atoms with E-state index in [1.807, 2.05) is 0 Å². The molecule has 0 heterocycles. The van der Waals surface area contributed by atoms with Crippen LogP contribution in [-0.2, 0) is 11.1 Å². The number of hydrogen-bond donors (Lipinski definition) is 2. The highest BCUT2D eigenvalue weighted by molar-refractivity contribution is 7.79. The van der Waals surface area contributed by atoms with Gasteiger partial charge < -0.3 is 9.87 Å². The SMILES string of the molecule is O=S(O)C[C@H](F)CNC1CCCCC1. The van der Waals surface area contributed by atoms with Crippen molar-refractivity contribution in [1.29, 1.82) is 0 Å². The topological polar surface area (TPSA) is 49.3 Å². The summed E-state index contributed by atoms with van der Waals surface area (Å²) >= 11 is -2.02. The summed E-state index contributed by atoms with van der Waals surface area (Å²) < 4.78 is 31.8. The Morgan fingerprint density at radius 2 is 2.07 bits per heavy atom. The third-order valence-electron chi connectivity index (χ3n) is 2.56. The van der Waals surface area contributed by atoms with Gasteiger partial charge in [-0.3, -0.25) is 0 Å². The van der Waals surface area contributed by atoms with Crippen molar-refractivity contribution in [2.75, 3.05) is 12.3 Å². The van der Waals surface area contributed by atoms with Gasteiger partial charge in [0.15, 0.2) is 11.1 Å². The van der Waals surface area contributed by atoms with Gasteiger partial charge in [-0.2, -0.15) is 0 Å². The molecule has 0 aromatic carbocycles. The summed E-state index contributed by atoms with van der Waals surface area (Å²) in [6.07, 6.45) is 4.70. The van der Waals surface area contributed by atoms with E-state index in [1.165, 1.54) is 19.3 Å². The summed E-state index contributed by atoms with van der Waals surface area (Å²) in [6, 6.07) is 0.411. The third-order valence-corrected chi connectivity index (χ3v) is 3.20. The van der Waals surface area contributed by atoms with Crippen molar-refractivity contribution in [3.8, 4) is 0 Å². The van der Waals surface area contributed by atoms with Gasteiger partial charge in [0, 0.05) is 12.6 Å². The molecule has 1 aliphatic carbocycles. The number of nitrogens with one attached hydrogen (secondary N) is 1. The first kappa shape index (κ1) is 12.1. The molecule has 0 saturated heterocycles. The van der Waals surface area contributed by atoms with Gasteiger partial charge in [0.25, 0.3) is 0 Å². The zero-order valence-corrected chi connectivity index (χ0v) is 9.06. The van der Waals surface area contributed by atoms with Crippen LogP contribution in [0.25, 0.3) is 0 Å². The molecule has 1 unspecified atom stereocenters. The van der Waals surface area contributed by atoms with Crippen LogP contribution < -0.4 is 5.32 Å². The first-order valence-electron chi connectivity index (χ1n) is 5.13. The summed E-state index contributed by atoms with van der Waals surface area (Å²) in [7, 11) is 0. The van der Waals surface area contributed by atoms with Gasteiger partial charge in [0.1, 0.15) is 6.17 Å². The minimum Gasteiger partial charge on any atom is -0.311 e. The lowest BCUT2D eigenvalue weighted by molar-refractivity contribution is 0.301. The molecule has 1 aliphatic rings. The minimum absolute atomic E-state index is 0.205. The Hall–Kier alpha value is -0.0000000000000000486. The fourth-order valence-corrected chi connectivity index (χ4v) is 2.24. The van der Waals surface area contributed by atoms with Crippen LogP contribution in [0.15, 0.2) is 0 Å². The quantitative estimate of drug-likeness (QED) is 0.694. The van der Waals surface area contributed by atoms with E-state index in [0.717, 1.165) is 12.8 Å². The smallest absolute Gasteiger partial charge is 0.155 e. The van der Waals surface area contributed by atoms with Crippen molar-refractivity contribution in [2.24, 2.45) is 0 Å². The van der Waals surface area contributed by atoms with Crippen LogP contribution >= 0.6 is 0 Å². The van der Waals surface area contributed by atoms with Crippen LogP contribution in [0, 0.1) is 0 Å². The third kappa shape index (κ3) is 5.02. The van der Waals surface area contributed by atoms with E-state index in [1.54, 1.807) is 0 Å². The Morgan fingerprint density at radius 3 is 2.64 bits per heavy atom. The lowest BCUT2D eigenvalue weighted by Crippen LogP contribution is -2.37. The van der Waals surface area contributed by atoms with Crippen molar-refractivity contribution in [3.63, 3.8) is 0 Å². The van der Waals surface area contributed by atoms with Crippen LogP contribution in [-0.4, -0.2) is 33.3 Å².